The largest absolute Gasteiger partial charge is 0.507 e. The minimum absolute atomic E-state index is 0.295. The Morgan fingerprint density at radius 2 is 1.18 bits per heavy atom. The summed E-state index contributed by atoms with van der Waals surface area (Å²) in [5, 5.41) is 11.9. The van der Waals surface area contributed by atoms with E-state index in [1.54, 1.807) is 0 Å². The number of hydrogen-bond acceptors (Lipinski definition) is 2. The summed E-state index contributed by atoms with van der Waals surface area (Å²) in [5.74, 6) is 0.845. The first kappa shape index (κ1) is 29.6. The first-order chi connectivity index (χ1) is 21.3. The van der Waals surface area contributed by atoms with Crippen LogP contribution < -0.4 is 0 Å². The third-order valence-corrected chi connectivity index (χ3v) is 9.40. The molecule has 0 aromatic heterocycles. The van der Waals surface area contributed by atoms with Gasteiger partial charge in [-0.2, -0.15) is 0 Å². The topological polar surface area (TPSA) is 32.6 Å². The van der Waals surface area contributed by atoms with Crippen LogP contribution in [0.4, 0.5) is 5.69 Å². The second-order valence-corrected chi connectivity index (χ2v) is 13.3. The molecule has 0 heterocycles. The average molecular weight is 578 g/mol. The molecule has 1 saturated carbocycles. The summed E-state index contributed by atoms with van der Waals surface area (Å²) in [6, 6.07) is 43.2. The predicted octanol–water partition coefficient (Wildman–Crippen LogP) is 10.8. The Kier molecular flexibility index (Phi) is 8.27. The van der Waals surface area contributed by atoms with Gasteiger partial charge in [-0.25, -0.2) is 0 Å². The number of aliphatic imine (C=N–C) groups is 1. The summed E-state index contributed by atoms with van der Waals surface area (Å²) in [4.78, 5) is 5.16. The average Bonchev–Trinajstić information content (AvgIpc) is 3.58. The first-order valence-electron chi connectivity index (χ1n) is 16.0. The van der Waals surface area contributed by atoms with Crippen molar-refractivity contribution < 1.29 is 5.11 Å². The number of aryl methyl sites for hydroxylation is 1. The van der Waals surface area contributed by atoms with Crippen molar-refractivity contribution in [1.29, 1.82) is 0 Å². The van der Waals surface area contributed by atoms with E-state index in [4.69, 9.17) is 4.99 Å². The number of aromatic hydroxyl groups is 1. The highest BCUT2D eigenvalue weighted by molar-refractivity contribution is 5.88. The zero-order chi connectivity index (χ0) is 30.7. The van der Waals surface area contributed by atoms with Crippen LogP contribution in [0.15, 0.2) is 126 Å². The molecule has 1 aliphatic carbocycles. The molecule has 0 radical (unpaired) electrons. The molecule has 1 fully saturated rings. The molecule has 44 heavy (non-hydrogen) atoms. The monoisotopic (exact) mass is 577 g/mol. The number of benzene rings is 5. The van der Waals surface area contributed by atoms with E-state index in [1.165, 1.54) is 53.5 Å². The molecule has 0 amide bonds. The Balaban J connectivity index is 1.64. The second-order valence-electron chi connectivity index (χ2n) is 13.3. The maximum absolute atomic E-state index is 11.9. The lowest BCUT2D eigenvalue weighted by atomic mass is 9.64. The van der Waals surface area contributed by atoms with Gasteiger partial charge in [0.25, 0.3) is 0 Å². The lowest BCUT2D eigenvalue weighted by Gasteiger charge is -2.38. The van der Waals surface area contributed by atoms with Crippen LogP contribution in [-0.2, 0) is 10.8 Å². The molecule has 0 bridgehead atoms. The summed E-state index contributed by atoms with van der Waals surface area (Å²) in [6.07, 6.45) is 6.89. The quantitative estimate of drug-likeness (QED) is 0.151. The molecule has 1 aliphatic rings. The standard InChI is InChI=1S/C42H43NO/c1-30-17-16-26-37(31-18-14-15-19-31)39(30)43-29-32-27-36(28-38(40(32)44)41(2,3)4)42(33-20-8-5-9-21-33,34-22-10-6-11-23-34)35-24-12-7-13-25-35/h5-13,16-17,20-29,31,44H,14-15,18-19H2,1-4H3. The van der Waals surface area contributed by atoms with Gasteiger partial charge in [-0.05, 0) is 76.6 Å². The molecular formula is C42H43NO. The molecule has 222 valence electrons. The molecule has 1 N–H and O–H groups in total. The zero-order valence-corrected chi connectivity index (χ0v) is 26.4. The first-order valence-corrected chi connectivity index (χ1v) is 16.0. The Morgan fingerprint density at radius 3 is 1.68 bits per heavy atom. The highest BCUT2D eigenvalue weighted by Gasteiger charge is 2.39. The Hall–Kier alpha value is -4.43. The molecular weight excluding hydrogens is 534 g/mol. The van der Waals surface area contributed by atoms with Gasteiger partial charge in [-0.1, -0.05) is 143 Å². The molecule has 0 atom stereocenters. The Labute approximate surface area is 263 Å². The van der Waals surface area contributed by atoms with Crippen molar-refractivity contribution in [2.75, 3.05) is 0 Å². The predicted molar refractivity (Wildman–Crippen MR) is 185 cm³/mol. The Bertz CT molecular complexity index is 1640. The van der Waals surface area contributed by atoms with Crippen LogP contribution in [-0.4, -0.2) is 11.3 Å². The number of nitrogens with zero attached hydrogens (tertiary/aromatic N) is 1. The van der Waals surface area contributed by atoms with Gasteiger partial charge in [0.1, 0.15) is 5.75 Å². The fraction of sp³-hybridized carbons (Fsp3) is 0.262. The van der Waals surface area contributed by atoms with E-state index in [0.717, 1.165) is 22.4 Å². The molecule has 0 saturated heterocycles. The van der Waals surface area contributed by atoms with Gasteiger partial charge in [0.05, 0.1) is 11.1 Å². The number of phenols is 1. The van der Waals surface area contributed by atoms with Crippen molar-refractivity contribution in [3.8, 4) is 5.75 Å². The third-order valence-electron chi connectivity index (χ3n) is 9.40. The SMILES string of the molecule is Cc1cccc(C2CCCC2)c1N=Cc1cc(C(c2ccccc2)(c2ccccc2)c2ccccc2)cc(C(C)(C)C)c1O. The molecule has 2 nitrogen and oxygen atoms in total. The minimum atomic E-state index is -0.613. The van der Waals surface area contributed by atoms with E-state index in [1.807, 2.05) is 6.21 Å². The van der Waals surface area contributed by atoms with Gasteiger partial charge in [-0.15, -0.1) is 0 Å². The number of phenolic OH excluding ortho intramolecular Hbond substituents is 1. The van der Waals surface area contributed by atoms with Crippen LogP contribution in [0.3, 0.4) is 0 Å². The summed E-state index contributed by atoms with van der Waals surface area (Å²) in [7, 11) is 0. The lowest BCUT2D eigenvalue weighted by molar-refractivity contribution is 0.445. The summed E-state index contributed by atoms with van der Waals surface area (Å²) < 4.78 is 0. The van der Waals surface area contributed by atoms with Crippen molar-refractivity contribution in [2.24, 2.45) is 4.99 Å². The van der Waals surface area contributed by atoms with E-state index in [-0.39, 0.29) is 5.41 Å². The second kappa shape index (κ2) is 12.3. The van der Waals surface area contributed by atoms with E-state index in [9.17, 15) is 5.11 Å². The lowest BCUT2D eigenvalue weighted by Crippen LogP contribution is -2.31. The van der Waals surface area contributed by atoms with Gasteiger partial charge >= 0.3 is 0 Å². The molecule has 2 heteroatoms. The van der Waals surface area contributed by atoms with Crippen LogP contribution in [0, 0.1) is 6.92 Å². The fourth-order valence-electron chi connectivity index (χ4n) is 7.17. The summed E-state index contributed by atoms with van der Waals surface area (Å²) >= 11 is 0. The number of rotatable bonds is 7. The summed E-state index contributed by atoms with van der Waals surface area (Å²) in [6.45, 7) is 8.65. The van der Waals surface area contributed by atoms with Crippen molar-refractivity contribution in [3.63, 3.8) is 0 Å². The van der Waals surface area contributed by atoms with Crippen LogP contribution in [0.2, 0.25) is 0 Å². The zero-order valence-electron chi connectivity index (χ0n) is 26.4. The molecule has 6 rings (SSSR count). The third kappa shape index (κ3) is 5.50. The fourth-order valence-corrected chi connectivity index (χ4v) is 7.17. The van der Waals surface area contributed by atoms with Crippen LogP contribution in [0.25, 0.3) is 0 Å². The van der Waals surface area contributed by atoms with Crippen molar-refractivity contribution >= 4 is 11.9 Å². The van der Waals surface area contributed by atoms with Gasteiger partial charge in [0.2, 0.25) is 0 Å². The molecule has 5 aromatic rings. The highest BCUT2D eigenvalue weighted by atomic mass is 16.3. The minimum Gasteiger partial charge on any atom is -0.507 e. The maximum Gasteiger partial charge on any atom is 0.128 e. The van der Waals surface area contributed by atoms with Gasteiger partial charge < -0.3 is 5.11 Å². The van der Waals surface area contributed by atoms with Crippen LogP contribution in [0.5, 0.6) is 5.75 Å². The van der Waals surface area contributed by atoms with Gasteiger partial charge in [0, 0.05) is 17.3 Å². The molecule has 0 aliphatic heterocycles. The van der Waals surface area contributed by atoms with Gasteiger partial charge in [0.15, 0.2) is 0 Å². The van der Waals surface area contributed by atoms with E-state index < -0.39 is 5.41 Å². The molecule has 5 aromatic carbocycles. The number of hydrogen-bond donors (Lipinski definition) is 1. The summed E-state index contributed by atoms with van der Waals surface area (Å²) in [5.41, 5.74) is 8.91. The smallest absolute Gasteiger partial charge is 0.128 e. The maximum atomic E-state index is 11.9. The Morgan fingerprint density at radius 1 is 0.659 bits per heavy atom. The van der Waals surface area contributed by atoms with Gasteiger partial charge in [-0.3, -0.25) is 4.99 Å². The molecule has 0 spiro atoms. The van der Waals surface area contributed by atoms with Crippen molar-refractivity contribution in [3.05, 3.63) is 166 Å². The van der Waals surface area contributed by atoms with E-state index in [0.29, 0.717) is 11.7 Å². The van der Waals surface area contributed by atoms with Crippen molar-refractivity contribution in [2.45, 2.75) is 70.1 Å². The van der Waals surface area contributed by atoms with Crippen LogP contribution >= 0.6 is 0 Å². The van der Waals surface area contributed by atoms with Crippen molar-refractivity contribution in [1.82, 2.24) is 0 Å². The van der Waals surface area contributed by atoms with Crippen LogP contribution in [0.1, 0.15) is 96.9 Å². The normalized spacial score (nSPS) is 14.4. The molecule has 0 unspecified atom stereocenters. The highest BCUT2D eigenvalue weighted by Crippen LogP contribution is 2.48. The van der Waals surface area contributed by atoms with E-state index >= 15 is 0 Å². The van der Waals surface area contributed by atoms with E-state index in [2.05, 4.69) is 149 Å². The number of para-hydroxylation sites is 1.